The minimum atomic E-state index is 0.0532. The monoisotopic (exact) mass is 155 g/mol. The number of guanidine groups is 1. The fraction of sp³-hybridized carbons (Fsp3) is 0.714. The van der Waals surface area contributed by atoms with Crippen molar-refractivity contribution in [3.63, 3.8) is 0 Å². The van der Waals surface area contributed by atoms with E-state index in [9.17, 15) is 4.79 Å². The average Bonchev–Trinajstić information content (AvgIpc) is 1.78. The molecule has 11 heavy (non-hydrogen) atoms. The smallest absolute Gasteiger partial charge is 0.186 e. The summed E-state index contributed by atoms with van der Waals surface area (Å²) in [7, 11) is 0. The third kappa shape index (κ3) is 1.69. The summed E-state index contributed by atoms with van der Waals surface area (Å²) in [6.45, 7) is 1.58. The van der Waals surface area contributed by atoms with Crippen molar-refractivity contribution in [1.82, 2.24) is 0 Å². The summed E-state index contributed by atoms with van der Waals surface area (Å²) in [5, 5.41) is 0. The normalized spacial score (nSPS) is 28.8. The quantitative estimate of drug-likeness (QED) is 0.421. The van der Waals surface area contributed by atoms with E-state index in [-0.39, 0.29) is 23.7 Å². The van der Waals surface area contributed by atoms with Gasteiger partial charge in [-0.2, -0.15) is 0 Å². The van der Waals surface area contributed by atoms with E-state index in [0.29, 0.717) is 0 Å². The molecular weight excluding hydrogens is 142 g/mol. The van der Waals surface area contributed by atoms with E-state index in [1.54, 1.807) is 6.92 Å². The predicted molar refractivity (Wildman–Crippen MR) is 43.0 cm³/mol. The number of carbonyl (C=O) groups excluding carboxylic acids is 1. The maximum absolute atomic E-state index is 10.9. The number of hydrogen-bond acceptors (Lipinski definition) is 2. The summed E-state index contributed by atoms with van der Waals surface area (Å²) in [5.41, 5.74) is 10.4. The van der Waals surface area contributed by atoms with Gasteiger partial charge in [0.25, 0.3) is 0 Å². The van der Waals surface area contributed by atoms with Crippen molar-refractivity contribution in [3.8, 4) is 0 Å². The lowest BCUT2D eigenvalue weighted by molar-refractivity contribution is -0.123. The van der Waals surface area contributed by atoms with Crippen LogP contribution in [-0.2, 0) is 4.79 Å². The van der Waals surface area contributed by atoms with Gasteiger partial charge in [0.2, 0.25) is 0 Å². The lowest BCUT2D eigenvalue weighted by atomic mass is 9.77. The number of carbonyl (C=O) groups is 1. The average molecular weight is 155 g/mol. The summed E-state index contributed by atoms with van der Waals surface area (Å²) in [6.07, 6.45) is 1.86. The molecule has 1 rings (SSSR count). The highest BCUT2D eigenvalue weighted by atomic mass is 16.1. The van der Waals surface area contributed by atoms with Crippen molar-refractivity contribution in [2.45, 2.75) is 25.8 Å². The van der Waals surface area contributed by atoms with Crippen LogP contribution in [0.2, 0.25) is 0 Å². The third-order valence-electron chi connectivity index (χ3n) is 2.07. The van der Waals surface area contributed by atoms with Crippen LogP contribution in [0.5, 0.6) is 0 Å². The largest absolute Gasteiger partial charge is 0.370 e. The lowest BCUT2D eigenvalue weighted by Gasteiger charge is -2.31. The fourth-order valence-corrected chi connectivity index (χ4v) is 1.30. The Balaban J connectivity index is 2.50. The summed E-state index contributed by atoms with van der Waals surface area (Å²) in [4.78, 5) is 14.8. The molecule has 4 nitrogen and oxygen atoms in total. The van der Waals surface area contributed by atoms with Gasteiger partial charge in [0.1, 0.15) is 5.78 Å². The van der Waals surface area contributed by atoms with Crippen LogP contribution < -0.4 is 11.5 Å². The minimum Gasteiger partial charge on any atom is -0.370 e. The molecule has 0 amide bonds. The number of Topliss-reactive ketones (excluding diaryl/α,β-unsaturated/α-hetero) is 1. The van der Waals surface area contributed by atoms with Gasteiger partial charge in [0, 0.05) is 5.92 Å². The molecule has 0 spiro atoms. The van der Waals surface area contributed by atoms with Gasteiger partial charge in [0.15, 0.2) is 5.96 Å². The second-order valence-electron chi connectivity index (χ2n) is 2.92. The van der Waals surface area contributed by atoms with Crippen LogP contribution in [0.3, 0.4) is 0 Å². The van der Waals surface area contributed by atoms with E-state index in [0.717, 1.165) is 12.8 Å². The molecule has 1 aliphatic rings. The number of aliphatic imine (C=N–C) groups is 1. The van der Waals surface area contributed by atoms with Crippen molar-refractivity contribution in [3.05, 3.63) is 0 Å². The van der Waals surface area contributed by atoms with Gasteiger partial charge in [0.05, 0.1) is 6.04 Å². The standard InChI is InChI=1S/C7H13N3O/c1-4(11)5-2-3-6(5)10-7(8)9/h5-6H,2-3H2,1H3,(H4,8,9,10)/t5-,6+/m1/s1. The van der Waals surface area contributed by atoms with Crippen molar-refractivity contribution in [2.24, 2.45) is 22.4 Å². The van der Waals surface area contributed by atoms with Gasteiger partial charge >= 0.3 is 0 Å². The van der Waals surface area contributed by atoms with E-state index in [2.05, 4.69) is 4.99 Å². The highest BCUT2D eigenvalue weighted by Gasteiger charge is 2.33. The van der Waals surface area contributed by atoms with Crippen LogP contribution in [0.15, 0.2) is 4.99 Å². The van der Waals surface area contributed by atoms with E-state index >= 15 is 0 Å². The Morgan fingerprint density at radius 3 is 2.36 bits per heavy atom. The molecule has 0 saturated heterocycles. The van der Waals surface area contributed by atoms with Gasteiger partial charge < -0.3 is 11.5 Å². The Bertz CT molecular complexity index is 196. The lowest BCUT2D eigenvalue weighted by Crippen LogP contribution is -2.38. The number of ketones is 1. The molecule has 62 valence electrons. The number of nitrogens with two attached hydrogens (primary N) is 2. The van der Waals surface area contributed by atoms with Crippen LogP contribution >= 0.6 is 0 Å². The molecule has 0 bridgehead atoms. The molecule has 2 atom stereocenters. The van der Waals surface area contributed by atoms with Crippen LogP contribution in [-0.4, -0.2) is 17.8 Å². The zero-order chi connectivity index (χ0) is 8.43. The zero-order valence-electron chi connectivity index (χ0n) is 6.58. The Morgan fingerprint density at radius 1 is 1.45 bits per heavy atom. The van der Waals surface area contributed by atoms with Gasteiger partial charge in [-0.3, -0.25) is 4.79 Å². The molecule has 1 saturated carbocycles. The molecule has 0 unspecified atom stereocenters. The highest BCUT2D eigenvalue weighted by molar-refractivity contribution is 5.81. The highest BCUT2D eigenvalue weighted by Crippen LogP contribution is 2.30. The number of nitrogens with zero attached hydrogens (tertiary/aromatic N) is 1. The summed E-state index contributed by atoms with van der Waals surface area (Å²) < 4.78 is 0. The van der Waals surface area contributed by atoms with E-state index in [4.69, 9.17) is 11.5 Å². The Hall–Kier alpha value is -1.06. The first-order chi connectivity index (χ1) is 5.11. The molecule has 0 aromatic heterocycles. The van der Waals surface area contributed by atoms with Crippen LogP contribution in [0, 0.1) is 5.92 Å². The molecular formula is C7H13N3O. The van der Waals surface area contributed by atoms with Crippen LogP contribution in [0.25, 0.3) is 0 Å². The number of hydrogen-bond donors (Lipinski definition) is 2. The summed E-state index contributed by atoms with van der Waals surface area (Å²) >= 11 is 0. The first-order valence-corrected chi connectivity index (χ1v) is 3.70. The number of rotatable bonds is 2. The van der Waals surface area contributed by atoms with E-state index < -0.39 is 0 Å². The third-order valence-corrected chi connectivity index (χ3v) is 2.07. The second-order valence-corrected chi connectivity index (χ2v) is 2.92. The van der Waals surface area contributed by atoms with Gasteiger partial charge in [-0.15, -0.1) is 0 Å². The Morgan fingerprint density at radius 2 is 2.09 bits per heavy atom. The molecule has 1 aliphatic carbocycles. The Labute approximate surface area is 65.7 Å². The predicted octanol–water partition coefficient (Wildman–Crippen LogP) is -0.373. The van der Waals surface area contributed by atoms with E-state index in [1.807, 2.05) is 0 Å². The minimum absolute atomic E-state index is 0.0532. The topological polar surface area (TPSA) is 81.5 Å². The SMILES string of the molecule is CC(=O)[C@H]1CC[C@@H]1N=C(N)N. The molecule has 0 aliphatic heterocycles. The fourth-order valence-electron chi connectivity index (χ4n) is 1.30. The molecule has 4 N–H and O–H groups in total. The molecule has 0 heterocycles. The van der Waals surface area contributed by atoms with Crippen molar-refractivity contribution >= 4 is 11.7 Å². The van der Waals surface area contributed by atoms with Gasteiger partial charge in [-0.25, -0.2) is 4.99 Å². The first-order valence-electron chi connectivity index (χ1n) is 3.70. The summed E-state index contributed by atoms with van der Waals surface area (Å²) in [6, 6.07) is 0.0532. The maximum Gasteiger partial charge on any atom is 0.186 e. The molecule has 0 aromatic carbocycles. The molecule has 4 heteroatoms. The Kier molecular flexibility index (Phi) is 2.12. The second kappa shape index (κ2) is 2.90. The molecule has 1 fully saturated rings. The van der Waals surface area contributed by atoms with E-state index in [1.165, 1.54) is 0 Å². The van der Waals surface area contributed by atoms with Crippen LogP contribution in [0.4, 0.5) is 0 Å². The van der Waals surface area contributed by atoms with Crippen LogP contribution in [0.1, 0.15) is 19.8 Å². The van der Waals surface area contributed by atoms with Crippen molar-refractivity contribution in [2.75, 3.05) is 0 Å². The zero-order valence-corrected chi connectivity index (χ0v) is 6.58. The van der Waals surface area contributed by atoms with Crippen molar-refractivity contribution in [1.29, 1.82) is 0 Å². The molecule has 0 aromatic rings. The maximum atomic E-state index is 10.9. The van der Waals surface area contributed by atoms with Crippen molar-refractivity contribution < 1.29 is 4.79 Å². The summed E-state index contributed by atoms with van der Waals surface area (Å²) in [5.74, 6) is 0.337. The first kappa shape index (κ1) is 8.04. The van der Waals surface area contributed by atoms with Gasteiger partial charge in [-0.05, 0) is 19.8 Å². The van der Waals surface area contributed by atoms with Gasteiger partial charge in [-0.1, -0.05) is 0 Å². The molecule has 0 radical (unpaired) electrons.